The first-order valence-electron chi connectivity index (χ1n) is 8.25. The second-order valence-electron chi connectivity index (χ2n) is 7.07. The van der Waals surface area contributed by atoms with Crippen LogP contribution in [-0.4, -0.2) is 36.1 Å². The smallest absolute Gasteiger partial charge is 0.0252 e. The Balaban J connectivity index is 1.63. The van der Waals surface area contributed by atoms with Crippen molar-refractivity contribution in [3.63, 3.8) is 0 Å². The van der Waals surface area contributed by atoms with Crippen LogP contribution in [0.15, 0.2) is 0 Å². The van der Waals surface area contributed by atoms with Gasteiger partial charge in [0.05, 0.1) is 0 Å². The Kier molecular flexibility index (Phi) is 3.95. The van der Waals surface area contributed by atoms with E-state index in [1.807, 2.05) is 0 Å². The van der Waals surface area contributed by atoms with Gasteiger partial charge in [0.1, 0.15) is 0 Å². The fourth-order valence-corrected chi connectivity index (χ4v) is 4.56. The van der Waals surface area contributed by atoms with E-state index in [2.05, 4.69) is 24.1 Å². The van der Waals surface area contributed by atoms with Gasteiger partial charge in [0.25, 0.3) is 0 Å². The second kappa shape index (κ2) is 5.50. The number of nitrogens with zero attached hydrogens (tertiary/aromatic N) is 1. The minimum atomic E-state index is 0.808. The molecule has 2 saturated heterocycles. The molecule has 0 radical (unpaired) electrons. The van der Waals surface area contributed by atoms with Gasteiger partial charge in [0.15, 0.2) is 0 Å². The van der Waals surface area contributed by atoms with Crippen LogP contribution >= 0.6 is 0 Å². The van der Waals surface area contributed by atoms with Gasteiger partial charge in [-0.25, -0.2) is 0 Å². The molecule has 5 unspecified atom stereocenters. The summed E-state index contributed by atoms with van der Waals surface area (Å²) in [5, 5.41) is 3.75. The monoisotopic (exact) mass is 250 g/mol. The molecule has 0 bridgehead atoms. The molecule has 0 spiro atoms. The van der Waals surface area contributed by atoms with Crippen LogP contribution in [0.4, 0.5) is 0 Å². The number of nitrogens with one attached hydrogen (secondary N) is 1. The van der Waals surface area contributed by atoms with Crippen LogP contribution in [0.3, 0.4) is 0 Å². The first-order valence-corrected chi connectivity index (χ1v) is 8.25. The molecule has 0 aromatic heterocycles. The van der Waals surface area contributed by atoms with Gasteiger partial charge < -0.3 is 5.32 Å². The van der Waals surface area contributed by atoms with Crippen molar-refractivity contribution in [1.29, 1.82) is 0 Å². The van der Waals surface area contributed by atoms with Crippen LogP contribution in [0.2, 0.25) is 0 Å². The lowest BCUT2D eigenvalue weighted by Gasteiger charge is -2.41. The van der Waals surface area contributed by atoms with E-state index in [9.17, 15) is 0 Å². The molecule has 18 heavy (non-hydrogen) atoms. The Bertz CT molecular complexity index is 272. The van der Waals surface area contributed by atoms with Gasteiger partial charge in [-0.1, -0.05) is 13.8 Å². The summed E-state index contributed by atoms with van der Waals surface area (Å²) in [7, 11) is 0. The largest absolute Gasteiger partial charge is 0.312 e. The summed E-state index contributed by atoms with van der Waals surface area (Å²) in [4.78, 5) is 2.89. The van der Waals surface area contributed by atoms with Crippen molar-refractivity contribution in [2.24, 2.45) is 11.8 Å². The molecule has 0 amide bonds. The highest BCUT2D eigenvalue weighted by molar-refractivity contribution is 4.96. The fraction of sp³-hybridized carbons (Fsp3) is 1.00. The summed E-state index contributed by atoms with van der Waals surface area (Å²) < 4.78 is 0. The van der Waals surface area contributed by atoms with Gasteiger partial charge in [0.2, 0.25) is 0 Å². The highest BCUT2D eigenvalue weighted by Gasteiger charge is 2.38. The van der Waals surface area contributed by atoms with E-state index in [-0.39, 0.29) is 0 Å². The van der Waals surface area contributed by atoms with Gasteiger partial charge in [-0.15, -0.1) is 0 Å². The summed E-state index contributed by atoms with van der Waals surface area (Å²) in [6.07, 6.45) is 10.0. The van der Waals surface area contributed by atoms with Crippen LogP contribution in [-0.2, 0) is 0 Å². The highest BCUT2D eigenvalue weighted by Crippen LogP contribution is 2.36. The average molecular weight is 250 g/mol. The standard InChI is InChI=1S/C16H30N2/c1-12-7-8-14(11-13(12)2)18-10-4-6-16(18)15-5-3-9-17-15/h12-17H,3-11H2,1-2H3. The predicted molar refractivity (Wildman–Crippen MR) is 76.7 cm³/mol. The van der Waals surface area contributed by atoms with Crippen molar-refractivity contribution in [1.82, 2.24) is 10.2 Å². The Morgan fingerprint density at radius 3 is 2.56 bits per heavy atom. The molecule has 5 atom stereocenters. The van der Waals surface area contributed by atoms with Crippen molar-refractivity contribution in [3.05, 3.63) is 0 Å². The SMILES string of the molecule is CC1CCC(N2CCCC2C2CCCN2)CC1C. The fourth-order valence-electron chi connectivity index (χ4n) is 4.56. The summed E-state index contributed by atoms with van der Waals surface area (Å²) in [5.41, 5.74) is 0. The first kappa shape index (κ1) is 12.9. The van der Waals surface area contributed by atoms with E-state index in [1.54, 1.807) is 0 Å². The predicted octanol–water partition coefficient (Wildman–Crippen LogP) is 3.03. The zero-order valence-corrected chi connectivity index (χ0v) is 12.2. The van der Waals surface area contributed by atoms with E-state index in [4.69, 9.17) is 0 Å². The van der Waals surface area contributed by atoms with Crippen LogP contribution < -0.4 is 5.32 Å². The molecule has 0 aromatic rings. The van der Waals surface area contributed by atoms with Gasteiger partial charge in [-0.3, -0.25) is 4.90 Å². The minimum absolute atomic E-state index is 0.808. The normalized spacial score (nSPS) is 46.7. The zero-order chi connectivity index (χ0) is 12.5. The van der Waals surface area contributed by atoms with E-state index in [0.717, 1.165) is 30.0 Å². The van der Waals surface area contributed by atoms with Gasteiger partial charge in [-0.05, 0) is 69.9 Å². The maximum Gasteiger partial charge on any atom is 0.0252 e. The van der Waals surface area contributed by atoms with E-state index >= 15 is 0 Å². The number of hydrogen-bond acceptors (Lipinski definition) is 2. The molecule has 3 fully saturated rings. The van der Waals surface area contributed by atoms with Gasteiger partial charge >= 0.3 is 0 Å². The van der Waals surface area contributed by atoms with Crippen molar-refractivity contribution >= 4 is 0 Å². The van der Waals surface area contributed by atoms with Crippen molar-refractivity contribution in [2.75, 3.05) is 13.1 Å². The van der Waals surface area contributed by atoms with E-state index in [0.29, 0.717) is 0 Å². The quantitative estimate of drug-likeness (QED) is 0.810. The highest BCUT2D eigenvalue weighted by atomic mass is 15.2. The van der Waals surface area contributed by atoms with Crippen molar-refractivity contribution < 1.29 is 0 Å². The van der Waals surface area contributed by atoms with Crippen LogP contribution in [0.1, 0.15) is 58.8 Å². The lowest BCUT2D eigenvalue weighted by molar-refractivity contribution is 0.0857. The topological polar surface area (TPSA) is 15.3 Å². The third-order valence-electron chi connectivity index (χ3n) is 5.94. The van der Waals surface area contributed by atoms with Crippen molar-refractivity contribution in [2.45, 2.75) is 76.9 Å². The van der Waals surface area contributed by atoms with Crippen molar-refractivity contribution in [3.8, 4) is 0 Å². The molecule has 2 heteroatoms. The summed E-state index contributed by atoms with van der Waals surface area (Å²) in [6.45, 7) is 7.54. The minimum Gasteiger partial charge on any atom is -0.312 e. The van der Waals surface area contributed by atoms with Crippen LogP contribution in [0, 0.1) is 11.8 Å². The van der Waals surface area contributed by atoms with Gasteiger partial charge in [0, 0.05) is 18.1 Å². The average Bonchev–Trinajstić information content (AvgIpc) is 3.00. The lowest BCUT2D eigenvalue weighted by atomic mass is 9.78. The number of hydrogen-bond donors (Lipinski definition) is 1. The lowest BCUT2D eigenvalue weighted by Crippen LogP contribution is -2.50. The Labute approximate surface area is 113 Å². The molecule has 104 valence electrons. The Morgan fingerprint density at radius 2 is 1.83 bits per heavy atom. The molecule has 1 N–H and O–H groups in total. The van der Waals surface area contributed by atoms with E-state index in [1.165, 1.54) is 58.0 Å². The Morgan fingerprint density at radius 1 is 0.944 bits per heavy atom. The third kappa shape index (κ3) is 2.46. The van der Waals surface area contributed by atoms with Gasteiger partial charge in [-0.2, -0.15) is 0 Å². The molecular formula is C16H30N2. The molecule has 2 nitrogen and oxygen atoms in total. The van der Waals surface area contributed by atoms with E-state index < -0.39 is 0 Å². The molecular weight excluding hydrogens is 220 g/mol. The Hall–Kier alpha value is -0.0800. The van der Waals surface area contributed by atoms with Crippen LogP contribution in [0.25, 0.3) is 0 Å². The molecule has 1 saturated carbocycles. The first-order chi connectivity index (χ1) is 8.75. The summed E-state index contributed by atoms with van der Waals surface area (Å²) in [5.74, 6) is 1.88. The number of rotatable bonds is 2. The third-order valence-corrected chi connectivity index (χ3v) is 5.94. The molecule has 1 aliphatic carbocycles. The second-order valence-corrected chi connectivity index (χ2v) is 7.07. The molecule has 2 heterocycles. The molecule has 3 aliphatic rings. The summed E-state index contributed by atoms with van der Waals surface area (Å²) in [6, 6.07) is 2.56. The maximum absolute atomic E-state index is 3.75. The summed E-state index contributed by atoms with van der Waals surface area (Å²) >= 11 is 0. The molecule has 2 aliphatic heterocycles. The molecule has 3 rings (SSSR count). The van der Waals surface area contributed by atoms with Crippen LogP contribution in [0.5, 0.6) is 0 Å². The zero-order valence-electron chi connectivity index (χ0n) is 12.2. The maximum atomic E-state index is 3.75. The molecule has 0 aromatic carbocycles. The number of likely N-dealkylation sites (tertiary alicyclic amines) is 1.